The monoisotopic (exact) mass is 576 g/mol. The van der Waals surface area contributed by atoms with Crippen LogP contribution in [-0.4, -0.2) is 107 Å². The van der Waals surface area contributed by atoms with Gasteiger partial charge in [-0.05, 0) is 24.1 Å². The topological polar surface area (TPSA) is 190 Å². The molecule has 2 aliphatic rings. The number of nitrogens with zero attached hydrogens (tertiary/aromatic N) is 4. The zero-order valence-corrected chi connectivity index (χ0v) is 22.9. The number of ether oxygens (including phenoxy) is 5. The van der Waals surface area contributed by atoms with E-state index in [1.54, 1.807) is 18.2 Å². The summed E-state index contributed by atoms with van der Waals surface area (Å²) >= 11 is 0. The number of azide groups is 1. The van der Waals surface area contributed by atoms with Gasteiger partial charge in [-0.15, -0.1) is 0 Å². The summed E-state index contributed by atoms with van der Waals surface area (Å²) in [7, 11) is 0. The number of carbonyl (C=O) groups excluding carboxylic acids is 4. The van der Waals surface area contributed by atoms with Crippen LogP contribution in [0.3, 0.4) is 0 Å². The summed E-state index contributed by atoms with van der Waals surface area (Å²) in [5.74, 6) is -1.38. The largest absolute Gasteiger partial charge is 0.379 e. The van der Waals surface area contributed by atoms with E-state index in [9.17, 15) is 19.2 Å². The predicted octanol–water partition coefficient (Wildman–Crippen LogP) is 1.17. The zero-order valence-electron chi connectivity index (χ0n) is 22.9. The quantitative estimate of drug-likeness (QED) is 0.0754. The number of imide groups is 1. The first kappa shape index (κ1) is 31.9. The van der Waals surface area contributed by atoms with Crippen LogP contribution < -0.4 is 10.6 Å². The van der Waals surface area contributed by atoms with Crippen molar-refractivity contribution in [2.45, 2.75) is 31.8 Å². The molecule has 2 N–H and O–H groups in total. The molecule has 0 saturated carbocycles. The van der Waals surface area contributed by atoms with Crippen LogP contribution >= 0.6 is 0 Å². The SMILES string of the molecule is [N-]=[N+]=NCCOCCOCCOCCOCCOCCC(=O)Nc1cccc2c1CN(C1CCC(=O)NC1=O)C2=O. The van der Waals surface area contributed by atoms with Gasteiger partial charge in [0.25, 0.3) is 5.91 Å². The molecule has 4 amide bonds. The molecule has 1 aromatic rings. The van der Waals surface area contributed by atoms with Crippen molar-refractivity contribution in [3.63, 3.8) is 0 Å². The van der Waals surface area contributed by atoms with Gasteiger partial charge >= 0.3 is 0 Å². The van der Waals surface area contributed by atoms with Crippen LogP contribution in [0.4, 0.5) is 5.69 Å². The molecule has 2 heterocycles. The van der Waals surface area contributed by atoms with Gasteiger partial charge < -0.3 is 33.9 Å². The molecular formula is C26H36N6O9. The highest BCUT2D eigenvalue weighted by molar-refractivity contribution is 6.06. The van der Waals surface area contributed by atoms with E-state index < -0.39 is 11.9 Å². The van der Waals surface area contributed by atoms with Crippen molar-refractivity contribution in [3.05, 3.63) is 39.8 Å². The van der Waals surface area contributed by atoms with Gasteiger partial charge in [-0.2, -0.15) is 0 Å². The fraction of sp³-hybridized carbons (Fsp3) is 0.615. The number of anilines is 1. The number of hydrogen-bond donors (Lipinski definition) is 2. The number of benzene rings is 1. The third-order valence-corrected chi connectivity index (χ3v) is 6.22. The highest BCUT2D eigenvalue weighted by Crippen LogP contribution is 2.32. The number of amides is 4. The summed E-state index contributed by atoms with van der Waals surface area (Å²) in [5.41, 5.74) is 9.73. The second-order valence-electron chi connectivity index (χ2n) is 9.05. The van der Waals surface area contributed by atoms with Gasteiger partial charge in [0.05, 0.1) is 72.5 Å². The Morgan fingerprint density at radius 2 is 1.56 bits per heavy atom. The smallest absolute Gasteiger partial charge is 0.255 e. The van der Waals surface area contributed by atoms with Crippen molar-refractivity contribution < 1.29 is 42.9 Å². The number of piperidine rings is 1. The minimum Gasteiger partial charge on any atom is -0.379 e. The van der Waals surface area contributed by atoms with Crippen LogP contribution in [0.5, 0.6) is 0 Å². The first-order valence-electron chi connectivity index (χ1n) is 13.5. The summed E-state index contributed by atoms with van der Waals surface area (Å²) in [6.07, 6.45) is 0.571. The van der Waals surface area contributed by atoms with Crippen molar-refractivity contribution in [3.8, 4) is 0 Å². The molecule has 1 aromatic carbocycles. The highest BCUT2D eigenvalue weighted by Gasteiger charge is 2.39. The summed E-state index contributed by atoms with van der Waals surface area (Å²) < 4.78 is 26.8. The third kappa shape index (κ3) is 10.7. The second kappa shape index (κ2) is 18.0. The fourth-order valence-electron chi connectivity index (χ4n) is 4.21. The Labute approximate surface area is 237 Å². The van der Waals surface area contributed by atoms with Crippen LogP contribution in [0, 0.1) is 0 Å². The normalized spacial score (nSPS) is 16.3. The number of nitrogens with one attached hydrogen (secondary N) is 2. The number of fused-ring (bicyclic) bond motifs is 1. The fourth-order valence-corrected chi connectivity index (χ4v) is 4.21. The Morgan fingerprint density at radius 3 is 2.17 bits per heavy atom. The molecule has 224 valence electrons. The van der Waals surface area contributed by atoms with Crippen LogP contribution in [-0.2, 0) is 44.6 Å². The molecular weight excluding hydrogens is 540 g/mol. The Hall–Kier alpha value is -3.59. The Kier molecular flexibility index (Phi) is 14.0. The number of hydrogen-bond acceptors (Lipinski definition) is 10. The van der Waals surface area contributed by atoms with E-state index in [1.807, 2.05) is 0 Å². The van der Waals surface area contributed by atoms with E-state index in [1.165, 1.54) is 4.90 Å². The lowest BCUT2D eigenvalue weighted by Gasteiger charge is -2.29. The molecule has 0 aliphatic carbocycles. The van der Waals surface area contributed by atoms with Crippen molar-refractivity contribution in [2.75, 3.05) is 77.9 Å². The van der Waals surface area contributed by atoms with Gasteiger partial charge in [0, 0.05) is 41.2 Å². The van der Waals surface area contributed by atoms with E-state index in [-0.39, 0.29) is 50.1 Å². The molecule has 0 radical (unpaired) electrons. The van der Waals surface area contributed by atoms with Crippen molar-refractivity contribution in [1.29, 1.82) is 0 Å². The highest BCUT2D eigenvalue weighted by atomic mass is 16.6. The zero-order chi connectivity index (χ0) is 29.3. The van der Waals surface area contributed by atoms with Crippen molar-refractivity contribution in [1.82, 2.24) is 10.2 Å². The molecule has 1 atom stereocenters. The van der Waals surface area contributed by atoms with E-state index in [0.29, 0.717) is 82.8 Å². The molecule has 15 nitrogen and oxygen atoms in total. The standard InChI is InChI=1S/C26H36N6O9/c27-31-28-7-9-38-11-13-40-15-17-41-16-14-39-12-10-37-8-6-24(34)29-21-3-1-2-19-20(21)18-32(26(19)36)22-4-5-23(33)30-25(22)35/h1-3,22H,4-18H2,(H,29,34)(H,30,33,35). The molecule has 1 saturated heterocycles. The molecule has 41 heavy (non-hydrogen) atoms. The Morgan fingerprint density at radius 1 is 0.951 bits per heavy atom. The summed E-state index contributed by atoms with van der Waals surface area (Å²) in [4.78, 5) is 53.2. The summed E-state index contributed by atoms with van der Waals surface area (Å²) in [5, 5.41) is 8.47. The minimum absolute atomic E-state index is 0.121. The van der Waals surface area contributed by atoms with Gasteiger partial charge in [0.2, 0.25) is 17.7 Å². The Bertz CT molecular complexity index is 1100. The van der Waals surface area contributed by atoms with Gasteiger partial charge in [-0.25, -0.2) is 0 Å². The minimum atomic E-state index is -0.716. The molecule has 0 aromatic heterocycles. The summed E-state index contributed by atoms with van der Waals surface area (Å²) in [6.45, 7) is 4.28. The molecule has 2 aliphatic heterocycles. The molecule has 15 heteroatoms. The lowest BCUT2D eigenvalue weighted by atomic mass is 10.0. The van der Waals surface area contributed by atoms with E-state index in [0.717, 1.165) is 0 Å². The maximum atomic E-state index is 12.9. The average molecular weight is 577 g/mol. The maximum Gasteiger partial charge on any atom is 0.255 e. The average Bonchev–Trinajstić information content (AvgIpc) is 3.29. The second-order valence-corrected chi connectivity index (χ2v) is 9.05. The Balaban J connectivity index is 1.20. The first-order chi connectivity index (χ1) is 20.0. The molecule has 3 rings (SSSR count). The lowest BCUT2D eigenvalue weighted by Crippen LogP contribution is -2.52. The van der Waals surface area contributed by atoms with E-state index >= 15 is 0 Å². The number of rotatable bonds is 20. The van der Waals surface area contributed by atoms with Gasteiger partial charge in [-0.3, -0.25) is 24.5 Å². The van der Waals surface area contributed by atoms with Crippen molar-refractivity contribution in [2.24, 2.45) is 5.11 Å². The van der Waals surface area contributed by atoms with Crippen molar-refractivity contribution >= 4 is 29.3 Å². The third-order valence-electron chi connectivity index (χ3n) is 6.22. The van der Waals surface area contributed by atoms with Gasteiger partial charge in [-0.1, -0.05) is 11.2 Å². The van der Waals surface area contributed by atoms with Gasteiger partial charge in [0.15, 0.2) is 0 Å². The lowest BCUT2D eigenvalue weighted by molar-refractivity contribution is -0.137. The first-order valence-corrected chi connectivity index (χ1v) is 13.5. The van der Waals surface area contributed by atoms with Gasteiger partial charge in [0.1, 0.15) is 6.04 Å². The summed E-state index contributed by atoms with van der Waals surface area (Å²) in [6, 6.07) is 4.34. The maximum absolute atomic E-state index is 12.9. The predicted molar refractivity (Wildman–Crippen MR) is 144 cm³/mol. The molecule has 1 unspecified atom stereocenters. The van der Waals surface area contributed by atoms with E-state index in [4.69, 9.17) is 29.2 Å². The van der Waals surface area contributed by atoms with E-state index in [2.05, 4.69) is 20.7 Å². The van der Waals surface area contributed by atoms with Crippen LogP contribution in [0.25, 0.3) is 10.4 Å². The molecule has 1 fully saturated rings. The van der Waals surface area contributed by atoms with Crippen LogP contribution in [0.15, 0.2) is 23.3 Å². The number of carbonyl (C=O) groups is 4. The van der Waals surface area contributed by atoms with Crippen LogP contribution in [0.2, 0.25) is 0 Å². The van der Waals surface area contributed by atoms with Crippen LogP contribution in [0.1, 0.15) is 35.2 Å². The molecule has 0 bridgehead atoms. The molecule has 0 spiro atoms.